The normalized spacial score (nSPS) is 17.0. The van der Waals surface area contributed by atoms with Crippen LogP contribution in [0.25, 0.3) is 6.08 Å². The number of benzene rings is 1. The smallest absolute Gasteiger partial charge is 0.325 e. The minimum absolute atomic E-state index is 0.0271. The molecule has 5 nitrogen and oxygen atoms in total. The maximum Gasteiger partial charge on any atom is 0.325 e. The standard InChI is InChI=1S/C23H33NO4S/c1-8-28-19(25)14-24-9-10-29-18(21(24)27)13-15-11-16(22(2,3)4)20(26)17(12-15)23(5,6)7/h11-13,26H,8-10,14H2,1-7H3/b18-13+. The van der Waals surface area contributed by atoms with Crippen molar-refractivity contribution in [2.75, 3.05) is 25.4 Å². The Labute approximate surface area is 178 Å². The van der Waals surface area contributed by atoms with E-state index in [4.69, 9.17) is 4.74 Å². The molecular formula is C23H33NO4S. The molecule has 0 radical (unpaired) electrons. The maximum absolute atomic E-state index is 12.9. The first-order chi connectivity index (χ1) is 13.3. The van der Waals surface area contributed by atoms with Gasteiger partial charge in [-0.25, -0.2) is 0 Å². The van der Waals surface area contributed by atoms with E-state index in [-0.39, 0.29) is 29.3 Å². The number of rotatable bonds is 4. The molecule has 1 aromatic carbocycles. The second kappa shape index (κ2) is 8.82. The largest absolute Gasteiger partial charge is 0.507 e. The summed E-state index contributed by atoms with van der Waals surface area (Å²) < 4.78 is 4.98. The van der Waals surface area contributed by atoms with Crippen molar-refractivity contribution in [1.82, 2.24) is 4.90 Å². The third-order valence-corrected chi connectivity index (χ3v) is 5.78. The Hall–Kier alpha value is -1.95. The number of hydrogen-bond donors (Lipinski definition) is 1. The monoisotopic (exact) mass is 419 g/mol. The van der Waals surface area contributed by atoms with Gasteiger partial charge in [0.1, 0.15) is 12.3 Å². The molecule has 0 unspecified atom stereocenters. The molecule has 0 atom stereocenters. The average Bonchev–Trinajstić information content (AvgIpc) is 2.58. The van der Waals surface area contributed by atoms with Crippen LogP contribution in [-0.4, -0.2) is 47.3 Å². The minimum Gasteiger partial charge on any atom is -0.507 e. The number of carbonyl (C=O) groups is 2. The second-order valence-corrected chi connectivity index (χ2v) is 10.5. The van der Waals surface area contributed by atoms with E-state index >= 15 is 0 Å². The number of phenols is 1. The van der Waals surface area contributed by atoms with Crippen LogP contribution in [0.15, 0.2) is 17.0 Å². The second-order valence-electron chi connectivity index (χ2n) is 9.35. The third-order valence-electron chi connectivity index (χ3n) is 4.79. The van der Waals surface area contributed by atoms with E-state index in [2.05, 4.69) is 41.5 Å². The van der Waals surface area contributed by atoms with Gasteiger partial charge in [-0.2, -0.15) is 0 Å². The summed E-state index contributed by atoms with van der Waals surface area (Å²) >= 11 is 1.50. The Bertz CT molecular complexity index is 780. The van der Waals surface area contributed by atoms with E-state index < -0.39 is 0 Å². The fraction of sp³-hybridized carbons (Fsp3) is 0.565. The van der Waals surface area contributed by atoms with Gasteiger partial charge < -0.3 is 14.7 Å². The number of aromatic hydroxyl groups is 1. The molecule has 1 amide bonds. The van der Waals surface area contributed by atoms with Gasteiger partial charge in [-0.05, 0) is 41.5 Å². The van der Waals surface area contributed by atoms with E-state index in [1.165, 1.54) is 16.7 Å². The summed E-state index contributed by atoms with van der Waals surface area (Å²) in [5, 5.41) is 10.9. The number of hydrogen-bond acceptors (Lipinski definition) is 5. The van der Waals surface area contributed by atoms with Gasteiger partial charge in [-0.15, -0.1) is 11.8 Å². The highest BCUT2D eigenvalue weighted by atomic mass is 32.2. The highest BCUT2D eigenvalue weighted by Gasteiger charge is 2.28. The fourth-order valence-corrected chi connectivity index (χ4v) is 4.24. The summed E-state index contributed by atoms with van der Waals surface area (Å²) in [7, 11) is 0. The molecule has 2 rings (SSSR count). The number of carbonyl (C=O) groups excluding carboxylic acids is 2. The highest BCUT2D eigenvalue weighted by molar-refractivity contribution is 8.04. The van der Waals surface area contributed by atoms with Crippen LogP contribution in [0.1, 0.15) is 65.2 Å². The van der Waals surface area contributed by atoms with Crippen molar-refractivity contribution in [3.63, 3.8) is 0 Å². The molecular weight excluding hydrogens is 386 g/mol. The molecule has 6 heteroatoms. The lowest BCUT2D eigenvalue weighted by atomic mass is 9.78. The lowest BCUT2D eigenvalue weighted by Gasteiger charge is -2.29. The summed E-state index contributed by atoms with van der Waals surface area (Å²) in [6, 6.07) is 3.91. The van der Waals surface area contributed by atoms with Crippen LogP contribution in [0.4, 0.5) is 0 Å². The maximum atomic E-state index is 12.9. The lowest BCUT2D eigenvalue weighted by molar-refractivity contribution is -0.147. The molecule has 1 fully saturated rings. The third kappa shape index (κ3) is 5.78. The van der Waals surface area contributed by atoms with E-state index in [1.807, 2.05) is 18.2 Å². The first kappa shape index (κ1) is 23.3. The Morgan fingerprint density at radius 3 is 2.21 bits per heavy atom. The van der Waals surface area contributed by atoms with E-state index in [1.54, 1.807) is 6.92 Å². The first-order valence-corrected chi connectivity index (χ1v) is 11.0. The van der Waals surface area contributed by atoms with E-state index in [0.717, 1.165) is 22.4 Å². The van der Waals surface area contributed by atoms with Crippen LogP contribution < -0.4 is 0 Å². The van der Waals surface area contributed by atoms with Gasteiger partial charge in [0, 0.05) is 23.4 Å². The summed E-state index contributed by atoms with van der Waals surface area (Å²) in [5.74, 6) is 0.505. The van der Waals surface area contributed by atoms with Gasteiger partial charge in [0.25, 0.3) is 5.91 Å². The number of amides is 1. The van der Waals surface area contributed by atoms with Gasteiger partial charge in [-0.1, -0.05) is 41.5 Å². The molecule has 160 valence electrons. The van der Waals surface area contributed by atoms with Crippen LogP contribution in [0, 0.1) is 0 Å². The molecule has 0 aliphatic carbocycles. The summed E-state index contributed by atoms with van der Waals surface area (Å²) in [6.07, 6.45) is 1.87. The van der Waals surface area contributed by atoms with Gasteiger partial charge >= 0.3 is 5.97 Å². The van der Waals surface area contributed by atoms with Crippen LogP contribution in [0.3, 0.4) is 0 Å². The van der Waals surface area contributed by atoms with Crippen LogP contribution >= 0.6 is 11.8 Å². The number of thioether (sulfide) groups is 1. The molecule has 0 bridgehead atoms. The minimum atomic E-state index is -0.387. The Balaban J connectivity index is 2.44. The van der Waals surface area contributed by atoms with Crippen molar-refractivity contribution in [3.05, 3.63) is 33.7 Å². The van der Waals surface area contributed by atoms with Crippen molar-refractivity contribution in [2.24, 2.45) is 0 Å². The molecule has 0 aromatic heterocycles. The average molecular weight is 420 g/mol. The lowest BCUT2D eigenvalue weighted by Crippen LogP contribution is -2.41. The SMILES string of the molecule is CCOC(=O)CN1CCS/C(=C/c2cc(C(C)(C)C)c(O)c(C(C)(C)C)c2)C1=O. The number of phenolic OH excluding ortho intramolecular Hbond substituents is 1. The molecule has 1 aliphatic rings. The Morgan fingerprint density at radius 2 is 1.72 bits per heavy atom. The van der Waals surface area contributed by atoms with Crippen molar-refractivity contribution in [2.45, 2.75) is 59.3 Å². The quantitative estimate of drug-likeness (QED) is 0.576. The molecule has 1 aromatic rings. The zero-order valence-electron chi connectivity index (χ0n) is 18.6. The van der Waals surface area contributed by atoms with Gasteiger partial charge in [0.15, 0.2) is 0 Å². The van der Waals surface area contributed by atoms with Crippen molar-refractivity contribution >= 4 is 29.7 Å². The predicted molar refractivity (Wildman–Crippen MR) is 119 cm³/mol. The predicted octanol–water partition coefficient (Wildman–Crippen LogP) is 4.47. The Kier molecular flexibility index (Phi) is 7.10. The zero-order valence-corrected chi connectivity index (χ0v) is 19.4. The number of esters is 1. The van der Waals surface area contributed by atoms with E-state index in [9.17, 15) is 14.7 Å². The van der Waals surface area contributed by atoms with Crippen molar-refractivity contribution in [1.29, 1.82) is 0 Å². The first-order valence-electron chi connectivity index (χ1n) is 10.0. The molecule has 1 N–H and O–H groups in total. The van der Waals surface area contributed by atoms with Crippen LogP contribution in [0.5, 0.6) is 5.75 Å². The van der Waals surface area contributed by atoms with Crippen LogP contribution in [-0.2, 0) is 25.2 Å². The van der Waals surface area contributed by atoms with Crippen LogP contribution in [0.2, 0.25) is 0 Å². The molecule has 1 aliphatic heterocycles. The molecule has 1 saturated heterocycles. The van der Waals surface area contributed by atoms with E-state index in [0.29, 0.717) is 23.8 Å². The number of ether oxygens (including phenoxy) is 1. The highest BCUT2D eigenvalue weighted by Crippen LogP contribution is 2.40. The topological polar surface area (TPSA) is 66.8 Å². The number of nitrogens with zero attached hydrogens (tertiary/aromatic N) is 1. The zero-order chi connectivity index (χ0) is 22.0. The fourth-order valence-electron chi connectivity index (χ4n) is 3.24. The van der Waals surface area contributed by atoms with Crippen molar-refractivity contribution < 1.29 is 19.4 Å². The van der Waals surface area contributed by atoms with Gasteiger partial charge in [0.2, 0.25) is 0 Å². The summed E-state index contributed by atoms with van der Waals surface area (Å²) in [6.45, 7) is 14.9. The summed E-state index contributed by atoms with van der Waals surface area (Å²) in [4.78, 5) is 26.8. The molecule has 29 heavy (non-hydrogen) atoms. The van der Waals surface area contributed by atoms with Crippen molar-refractivity contribution in [3.8, 4) is 5.75 Å². The molecule has 0 spiro atoms. The molecule has 1 heterocycles. The van der Waals surface area contributed by atoms with Gasteiger partial charge in [0.05, 0.1) is 11.5 Å². The Morgan fingerprint density at radius 1 is 1.17 bits per heavy atom. The van der Waals surface area contributed by atoms with Gasteiger partial charge in [-0.3, -0.25) is 9.59 Å². The summed E-state index contributed by atoms with van der Waals surface area (Å²) in [5.41, 5.74) is 2.12. The molecule has 0 saturated carbocycles.